The van der Waals surface area contributed by atoms with E-state index in [9.17, 15) is 31.9 Å². The minimum absolute atomic E-state index is 0.0636. The fourth-order valence-corrected chi connectivity index (χ4v) is 2.92. The van der Waals surface area contributed by atoms with Gasteiger partial charge in [-0.1, -0.05) is 0 Å². The predicted octanol–water partition coefficient (Wildman–Crippen LogP) is 4.51. The van der Waals surface area contributed by atoms with Crippen LogP contribution in [0.15, 0.2) is 55.0 Å². The summed E-state index contributed by atoms with van der Waals surface area (Å²) in [4.78, 5) is 20.1. The van der Waals surface area contributed by atoms with Crippen LogP contribution in [-0.2, 0) is 0 Å². The van der Waals surface area contributed by atoms with Gasteiger partial charge in [0.25, 0.3) is 5.91 Å². The molecule has 5 nitrogen and oxygen atoms in total. The standard InChI is InChI=1S/C21H16F5N3O2/c1-11(16-4-5-27-10-17(16)23)29-20(31)14-7-12(18-3-2-15(22)9-28-18)6-13(8-14)19(30)21(24,25)26/h2-11,19,30H,1H3,(H,29,31)/t11-,19?/m1/s1. The van der Waals surface area contributed by atoms with Crippen molar-refractivity contribution in [2.75, 3.05) is 0 Å². The molecular formula is C21H16F5N3O2. The van der Waals surface area contributed by atoms with Crippen molar-refractivity contribution in [3.05, 3.63) is 83.3 Å². The van der Waals surface area contributed by atoms with Crippen LogP contribution in [-0.4, -0.2) is 27.2 Å². The third kappa shape index (κ3) is 5.21. The van der Waals surface area contributed by atoms with E-state index in [0.717, 1.165) is 30.6 Å². The van der Waals surface area contributed by atoms with Crippen LogP contribution >= 0.6 is 0 Å². The van der Waals surface area contributed by atoms with Gasteiger partial charge in [-0.3, -0.25) is 14.8 Å². The van der Waals surface area contributed by atoms with Gasteiger partial charge in [-0.25, -0.2) is 8.78 Å². The highest BCUT2D eigenvalue weighted by Crippen LogP contribution is 2.35. The largest absolute Gasteiger partial charge is 0.418 e. The van der Waals surface area contributed by atoms with Gasteiger partial charge >= 0.3 is 6.18 Å². The SMILES string of the molecule is C[C@@H](NC(=O)c1cc(-c2ccc(F)cn2)cc(C(O)C(F)(F)F)c1)c1ccncc1F. The monoisotopic (exact) mass is 437 g/mol. The quantitative estimate of drug-likeness (QED) is 0.576. The molecule has 3 aromatic rings. The number of pyridine rings is 2. The van der Waals surface area contributed by atoms with Crippen molar-refractivity contribution in [1.29, 1.82) is 0 Å². The lowest BCUT2D eigenvalue weighted by Gasteiger charge is -2.19. The van der Waals surface area contributed by atoms with Gasteiger partial charge in [0.05, 0.1) is 24.1 Å². The van der Waals surface area contributed by atoms with Crippen LogP contribution in [0.2, 0.25) is 0 Å². The molecule has 2 atom stereocenters. The van der Waals surface area contributed by atoms with Gasteiger partial charge in [0.1, 0.15) is 11.6 Å². The minimum atomic E-state index is -4.98. The summed E-state index contributed by atoms with van der Waals surface area (Å²) in [6.07, 6.45) is -4.66. The van der Waals surface area contributed by atoms with Gasteiger partial charge in [0, 0.05) is 22.9 Å². The van der Waals surface area contributed by atoms with Crippen LogP contribution in [0.3, 0.4) is 0 Å². The van der Waals surface area contributed by atoms with Crippen molar-refractivity contribution < 1.29 is 31.9 Å². The Morgan fingerprint density at radius 1 is 1.10 bits per heavy atom. The highest BCUT2D eigenvalue weighted by molar-refractivity contribution is 5.96. The van der Waals surface area contributed by atoms with Crippen molar-refractivity contribution in [3.8, 4) is 11.3 Å². The summed E-state index contributed by atoms with van der Waals surface area (Å²) in [5.74, 6) is -2.11. The minimum Gasteiger partial charge on any atom is -0.379 e. The summed E-state index contributed by atoms with van der Waals surface area (Å²) >= 11 is 0. The van der Waals surface area contributed by atoms with E-state index in [4.69, 9.17) is 0 Å². The zero-order valence-corrected chi connectivity index (χ0v) is 16.0. The fraction of sp³-hybridized carbons (Fsp3) is 0.190. The number of carbonyl (C=O) groups excluding carboxylic acids is 1. The first-order valence-electron chi connectivity index (χ1n) is 8.98. The van der Waals surface area contributed by atoms with Crippen LogP contribution in [0.1, 0.15) is 40.6 Å². The van der Waals surface area contributed by atoms with Crippen LogP contribution in [0, 0.1) is 11.6 Å². The Hall–Kier alpha value is -3.40. The van der Waals surface area contributed by atoms with Crippen molar-refractivity contribution in [3.63, 3.8) is 0 Å². The molecule has 2 aromatic heterocycles. The average Bonchev–Trinajstić information content (AvgIpc) is 2.73. The molecule has 1 unspecified atom stereocenters. The average molecular weight is 437 g/mol. The zero-order valence-electron chi connectivity index (χ0n) is 16.0. The number of rotatable bonds is 5. The van der Waals surface area contributed by atoms with Crippen LogP contribution < -0.4 is 5.32 Å². The molecule has 0 aliphatic rings. The molecule has 0 aliphatic heterocycles. The van der Waals surface area contributed by atoms with Crippen molar-refractivity contribution in [2.45, 2.75) is 25.2 Å². The topological polar surface area (TPSA) is 75.1 Å². The Balaban J connectivity index is 1.99. The number of hydrogen-bond donors (Lipinski definition) is 2. The second-order valence-electron chi connectivity index (χ2n) is 6.74. The predicted molar refractivity (Wildman–Crippen MR) is 101 cm³/mol. The number of hydrogen-bond acceptors (Lipinski definition) is 4. The van der Waals surface area contributed by atoms with Gasteiger partial charge in [-0.2, -0.15) is 13.2 Å². The maximum absolute atomic E-state index is 13.9. The molecule has 0 radical (unpaired) electrons. The molecule has 0 aliphatic carbocycles. The third-order valence-corrected chi connectivity index (χ3v) is 4.48. The number of nitrogens with zero attached hydrogens (tertiary/aromatic N) is 2. The molecule has 2 heterocycles. The van der Waals surface area contributed by atoms with Gasteiger partial charge in [-0.05, 0) is 48.9 Å². The summed E-state index contributed by atoms with van der Waals surface area (Å²) in [6, 6.07) is 5.97. The van der Waals surface area contributed by atoms with Crippen molar-refractivity contribution in [1.82, 2.24) is 15.3 Å². The summed E-state index contributed by atoms with van der Waals surface area (Å²) < 4.78 is 66.3. The lowest BCUT2D eigenvalue weighted by Crippen LogP contribution is -2.28. The Morgan fingerprint density at radius 2 is 1.84 bits per heavy atom. The molecule has 1 aromatic carbocycles. The second-order valence-corrected chi connectivity index (χ2v) is 6.74. The lowest BCUT2D eigenvalue weighted by atomic mass is 9.98. The van der Waals surface area contributed by atoms with E-state index < -0.39 is 41.4 Å². The maximum atomic E-state index is 13.9. The number of nitrogens with one attached hydrogen (secondary N) is 1. The van der Waals surface area contributed by atoms with E-state index >= 15 is 0 Å². The first kappa shape index (κ1) is 22.3. The number of alkyl halides is 3. The Labute approximate surface area is 173 Å². The van der Waals surface area contributed by atoms with Crippen LogP contribution in [0.25, 0.3) is 11.3 Å². The number of aromatic nitrogens is 2. The summed E-state index contributed by atoms with van der Waals surface area (Å²) in [5, 5.41) is 12.2. The second kappa shape index (κ2) is 8.76. The first-order valence-corrected chi connectivity index (χ1v) is 8.98. The number of halogens is 5. The Bertz CT molecular complexity index is 1090. The normalized spacial score (nSPS) is 13.5. The van der Waals surface area contributed by atoms with E-state index in [1.54, 1.807) is 0 Å². The van der Waals surface area contributed by atoms with E-state index in [-0.39, 0.29) is 22.4 Å². The molecule has 31 heavy (non-hydrogen) atoms. The van der Waals surface area contributed by atoms with E-state index in [2.05, 4.69) is 15.3 Å². The molecule has 0 spiro atoms. The summed E-state index contributed by atoms with van der Waals surface area (Å²) in [7, 11) is 0. The van der Waals surface area contributed by atoms with Gasteiger partial charge < -0.3 is 10.4 Å². The summed E-state index contributed by atoms with van der Waals surface area (Å²) in [5.41, 5.74) is -0.517. The molecule has 0 bridgehead atoms. The highest BCUT2D eigenvalue weighted by Gasteiger charge is 2.39. The molecule has 0 saturated heterocycles. The number of aliphatic hydroxyl groups excluding tert-OH is 1. The van der Waals surface area contributed by atoms with Gasteiger partial charge in [0.2, 0.25) is 0 Å². The summed E-state index contributed by atoms with van der Waals surface area (Å²) in [6.45, 7) is 1.49. The molecular weight excluding hydrogens is 421 g/mol. The molecule has 10 heteroatoms. The van der Waals surface area contributed by atoms with E-state index in [1.165, 1.54) is 31.3 Å². The molecule has 2 N–H and O–H groups in total. The van der Waals surface area contributed by atoms with Crippen LogP contribution in [0.5, 0.6) is 0 Å². The Kier molecular flexibility index (Phi) is 6.30. The lowest BCUT2D eigenvalue weighted by molar-refractivity contribution is -0.206. The number of benzene rings is 1. The van der Waals surface area contributed by atoms with Crippen molar-refractivity contribution in [2.24, 2.45) is 0 Å². The Morgan fingerprint density at radius 3 is 2.45 bits per heavy atom. The van der Waals surface area contributed by atoms with Crippen molar-refractivity contribution >= 4 is 5.91 Å². The van der Waals surface area contributed by atoms with E-state index in [0.29, 0.717) is 0 Å². The molecule has 162 valence electrons. The number of carbonyl (C=O) groups is 1. The number of amides is 1. The number of aliphatic hydroxyl groups is 1. The highest BCUT2D eigenvalue weighted by atomic mass is 19.4. The maximum Gasteiger partial charge on any atom is 0.418 e. The zero-order chi connectivity index (χ0) is 22.8. The first-order chi connectivity index (χ1) is 14.6. The molecule has 3 rings (SSSR count). The third-order valence-electron chi connectivity index (χ3n) is 4.48. The smallest absolute Gasteiger partial charge is 0.379 e. The van der Waals surface area contributed by atoms with Crippen LogP contribution in [0.4, 0.5) is 22.0 Å². The van der Waals surface area contributed by atoms with Gasteiger partial charge in [0.15, 0.2) is 6.10 Å². The van der Waals surface area contributed by atoms with Gasteiger partial charge in [-0.15, -0.1) is 0 Å². The molecule has 0 fully saturated rings. The van der Waals surface area contributed by atoms with E-state index in [1.807, 2.05) is 0 Å². The molecule has 1 amide bonds. The molecule has 0 saturated carbocycles. The fourth-order valence-electron chi connectivity index (χ4n) is 2.92.